The summed E-state index contributed by atoms with van der Waals surface area (Å²) in [5.41, 5.74) is 0.680. The minimum Gasteiger partial charge on any atom is -0.379 e. The first-order chi connectivity index (χ1) is 7.39. The molecule has 1 heterocycles. The summed E-state index contributed by atoms with van der Waals surface area (Å²) in [4.78, 5) is 13.6. The number of ether oxygens (including phenoxy) is 1. The largest absolute Gasteiger partial charge is 0.379 e. The Bertz CT molecular complexity index is 307. The maximum Gasteiger partial charge on any atom is 0.211 e. The molecule has 0 spiro atoms. The number of methoxy groups -OCH3 is 1. The van der Waals surface area contributed by atoms with Crippen LogP contribution < -0.4 is 5.32 Å². The third-order valence-electron chi connectivity index (χ3n) is 1.57. The summed E-state index contributed by atoms with van der Waals surface area (Å²) >= 11 is 5.48. The van der Waals surface area contributed by atoms with Crippen molar-refractivity contribution >= 4 is 23.7 Å². The van der Waals surface area contributed by atoms with Crippen molar-refractivity contribution in [3.8, 4) is 0 Å². The van der Waals surface area contributed by atoms with E-state index in [2.05, 4.69) is 10.3 Å². The highest BCUT2D eigenvalue weighted by Gasteiger charge is 2.04. The summed E-state index contributed by atoms with van der Waals surface area (Å²) < 4.78 is 4.94. The molecule has 0 fully saturated rings. The minimum absolute atomic E-state index is 0.0417. The zero-order valence-electron chi connectivity index (χ0n) is 9.95. The van der Waals surface area contributed by atoms with Crippen LogP contribution in [-0.2, 0) is 9.53 Å². The van der Waals surface area contributed by atoms with Crippen LogP contribution in [-0.4, -0.2) is 24.1 Å². The molecule has 0 radical (unpaired) electrons. The first-order valence-corrected chi connectivity index (χ1v) is 5.13. The van der Waals surface area contributed by atoms with Crippen LogP contribution in [0.1, 0.15) is 20.8 Å². The van der Waals surface area contributed by atoms with E-state index in [1.807, 2.05) is 20.8 Å². The lowest BCUT2D eigenvalue weighted by Gasteiger charge is -2.14. The first kappa shape index (κ1) is 14.9. The summed E-state index contributed by atoms with van der Waals surface area (Å²) in [5, 5.41) is 2.85. The summed E-state index contributed by atoms with van der Waals surface area (Å²) in [6.07, 6.45) is 2.07. The Hall–Kier alpha value is -1.13. The number of carbonyl (C=O) groups is 1. The summed E-state index contributed by atoms with van der Waals surface area (Å²) in [5.74, 6) is 0. The van der Waals surface area contributed by atoms with Crippen LogP contribution in [0.3, 0.4) is 0 Å². The third kappa shape index (κ3) is 8.20. The van der Waals surface area contributed by atoms with Crippen molar-refractivity contribution in [3.05, 3.63) is 23.5 Å². The second-order valence-corrected chi connectivity index (χ2v) is 4.34. The van der Waals surface area contributed by atoms with Crippen molar-refractivity contribution in [2.75, 3.05) is 12.4 Å². The van der Waals surface area contributed by atoms with Gasteiger partial charge in [-0.25, -0.2) is 4.98 Å². The first-order valence-electron chi connectivity index (χ1n) is 4.76. The Kier molecular flexibility index (Phi) is 6.69. The number of rotatable bonds is 2. The van der Waals surface area contributed by atoms with Crippen molar-refractivity contribution in [3.63, 3.8) is 0 Å². The van der Waals surface area contributed by atoms with Crippen molar-refractivity contribution in [1.29, 1.82) is 0 Å². The van der Waals surface area contributed by atoms with Crippen LogP contribution in [0.5, 0.6) is 0 Å². The number of amides is 1. The van der Waals surface area contributed by atoms with Gasteiger partial charge in [0.2, 0.25) is 6.41 Å². The highest BCUT2D eigenvalue weighted by atomic mass is 35.5. The van der Waals surface area contributed by atoms with E-state index in [0.29, 0.717) is 17.3 Å². The van der Waals surface area contributed by atoms with E-state index in [4.69, 9.17) is 16.3 Å². The average molecular weight is 245 g/mol. The topological polar surface area (TPSA) is 51.2 Å². The predicted molar refractivity (Wildman–Crippen MR) is 65.7 cm³/mol. The van der Waals surface area contributed by atoms with Gasteiger partial charge >= 0.3 is 0 Å². The van der Waals surface area contributed by atoms with Crippen LogP contribution >= 0.6 is 11.6 Å². The van der Waals surface area contributed by atoms with Gasteiger partial charge in [0.15, 0.2) is 0 Å². The number of anilines is 1. The van der Waals surface area contributed by atoms with Gasteiger partial charge in [0.1, 0.15) is 5.15 Å². The standard InChI is InChI=1S/C6H5ClN2O.C5H12O/c7-6-2-1-5(3-8-6)9-4-10;1-5(2,3)6-4/h1-4H,(H,9,10);1-4H3. The van der Waals surface area contributed by atoms with Crippen LogP contribution in [0.2, 0.25) is 5.15 Å². The molecule has 0 aliphatic rings. The SMILES string of the molecule is COC(C)(C)C.O=CNc1ccc(Cl)nc1. The van der Waals surface area contributed by atoms with E-state index in [-0.39, 0.29) is 5.60 Å². The number of pyridine rings is 1. The molecule has 0 saturated carbocycles. The molecule has 0 saturated heterocycles. The van der Waals surface area contributed by atoms with Crippen LogP contribution in [0.15, 0.2) is 18.3 Å². The summed E-state index contributed by atoms with van der Waals surface area (Å²) in [7, 11) is 1.71. The molecule has 4 nitrogen and oxygen atoms in total. The molecule has 5 heteroatoms. The van der Waals surface area contributed by atoms with E-state index >= 15 is 0 Å². The predicted octanol–water partition coefficient (Wildman–Crippen LogP) is 2.73. The van der Waals surface area contributed by atoms with Crippen LogP contribution in [0.4, 0.5) is 5.69 Å². The highest BCUT2D eigenvalue weighted by molar-refractivity contribution is 6.29. The molecule has 1 N–H and O–H groups in total. The number of carbonyl (C=O) groups excluding carboxylic acids is 1. The maximum absolute atomic E-state index is 9.89. The Morgan fingerprint density at radius 2 is 2.00 bits per heavy atom. The fourth-order valence-electron chi connectivity index (χ4n) is 0.529. The normalized spacial score (nSPS) is 10.1. The zero-order valence-corrected chi connectivity index (χ0v) is 10.7. The molecule has 0 unspecified atom stereocenters. The van der Waals surface area contributed by atoms with Gasteiger partial charge in [-0.1, -0.05) is 11.6 Å². The molecule has 16 heavy (non-hydrogen) atoms. The number of aromatic nitrogens is 1. The molecule has 1 rings (SSSR count). The molecule has 1 aromatic rings. The number of hydrogen-bond donors (Lipinski definition) is 1. The van der Waals surface area contributed by atoms with Crippen molar-refractivity contribution in [1.82, 2.24) is 4.98 Å². The molecule has 1 amide bonds. The van der Waals surface area contributed by atoms with E-state index in [0.717, 1.165) is 0 Å². The zero-order chi connectivity index (χ0) is 12.6. The maximum atomic E-state index is 9.89. The van der Waals surface area contributed by atoms with Gasteiger partial charge in [-0.2, -0.15) is 0 Å². The molecule has 0 aliphatic carbocycles. The van der Waals surface area contributed by atoms with Gasteiger partial charge in [0.25, 0.3) is 0 Å². The third-order valence-corrected chi connectivity index (χ3v) is 1.79. The Balaban J connectivity index is 0.000000325. The lowest BCUT2D eigenvalue weighted by molar-refractivity contribution is -0.105. The van der Waals surface area contributed by atoms with E-state index in [9.17, 15) is 4.79 Å². The Labute approximate surface area is 101 Å². The van der Waals surface area contributed by atoms with Gasteiger partial charge in [0, 0.05) is 7.11 Å². The molecule has 0 atom stereocenters. The Morgan fingerprint density at radius 3 is 2.31 bits per heavy atom. The number of hydrogen-bond acceptors (Lipinski definition) is 3. The number of nitrogens with zero attached hydrogens (tertiary/aromatic N) is 1. The summed E-state index contributed by atoms with van der Waals surface area (Å²) in [6, 6.07) is 3.27. The second kappa shape index (κ2) is 7.19. The lowest BCUT2D eigenvalue weighted by Crippen LogP contribution is -2.15. The minimum atomic E-state index is 0.0417. The molecule has 0 aromatic carbocycles. The van der Waals surface area contributed by atoms with Crippen LogP contribution in [0, 0.1) is 0 Å². The average Bonchev–Trinajstić information content (AvgIpc) is 2.22. The van der Waals surface area contributed by atoms with Crippen molar-refractivity contribution in [2.24, 2.45) is 0 Å². The molecular formula is C11H17ClN2O2. The molecule has 1 aromatic heterocycles. The molecular weight excluding hydrogens is 228 g/mol. The van der Waals surface area contributed by atoms with Gasteiger partial charge in [-0.3, -0.25) is 4.79 Å². The van der Waals surface area contributed by atoms with Gasteiger partial charge < -0.3 is 10.1 Å². The fourth-order valence-corrected chi connectivity index (χ4v) is 0.641. The second-order valence-electron chi connectivity index (χ2n) is 3.95. The van der Waals surface area contributed by atoms with Gasteiger partial charge in [0.05, 0.1) is 17.5 Å². The fraction of sp³-hybridized carbons (Fsp3) is 0.455. The van der Waals surface area contributed by atoms with Crippen LogP contribution in [0.25, 0.3) is 0 Å². The lowest BCUT2D eigenvalue weighted by atomic mass is 10.2. The smallest absolute Gasteiger partial charge is 0.211 e. The molecule has 0 aliphatic heterocycles. The monoisotopic (exact) mass is 244 g/mol. The van der Waals surface area contributed by atoms with Gasteiger partial charge in [-0.15, -0.1) is 0 Å². The van der Waals surface area contributed by atoms with Crippen molar-refractivity contribution < 1.29 is 9.53 Å². The highest BCUT2D eigenvalue weighted by Crippen LogP contribution is 2.07. The molecule has 0 bridgehead atoms. The van der Waals surface area contributed by atoms with E-state index in [1.54, 1.807) is 19.2 Å². The van der Waals surface area contributed by atoms with Gasteiger partial charge in [-0.05, 0) is 32.9 Å². The Morgan fingerprint density at radius 1 is 1.44 bits per heavy atom. The van der Waals surface area contributed by atoms with Crippen molar-refractivity contribution in [2.45, 2.75) is 26.4 Å². The quantitative estimate of drug-likeness (QED) is 0.643. The summed E-state index contributed by atoms with van der Waals surface area (Å²) in [6.45, 7) is 6.06. The number of halogens is 1. The number of nitrogens with one attached hydrogen (secondary N) is 1. The van der Waals surface area contributed by atoms with E-state index < -0.39 is 0 Å². The molecule has 90 valence electrons. The van der Waals surface area contributed by atoms with E-state index in [1.165, 1.54) is 6.20 Å².